The summed E-state index contributed by atoms with van der Waals surface area (Å²) < 4.78 is 0. The molecule has 1 amide bonds. The van der Waals surface area contributed by atoms with Gasteiger partial charge in [0, 0.05) is 29.1 Å². The molecule has 2 N–H and O–H groups in total. The second-order valence-electron chi connectivity index (χ2n) is 8.00. The van der Waals surface area contributed by atoms with E-state index in [-0.39, 0.29) is 11.9 Å². The molecule has 30 heavy (non-hydrogen) atoms. The number of carbonyl (C=O) groups excluding carboxylic acids is 1. The van der Waals surface area contributed by atoms with Crippen molar-refractivity contribution in [2.24, 2.45) is 0 Å². The number of benzene rings is 2. The van der Waals surface area contributed by atoms with Crippen LogP contribution in [0.4, 0.5) is 11.5 Å². The second-order valence-corrected chi connectivity index (χ2v) is 8.00. The number of carbonyl (C=O) groups is 1. The van der Waals surface area contributed by atoms with Crippen molar-refractivity contribution in [1.82, 2.24) is 15.3 Å². The molecule has 0 spiro atoms. The SMILES string of the molecule is Cc1cccc(-c2nccc(Nc3cccc(C(=O)NC4CCCCCC4)c3)n2)c1. The third-order valence-electron chi connectivity index (χ3n) is 5.52. The third kappa shape index (κ3) is 5.23. The first-order chi connectivity index (χ1) is 14.7. The number of aryl methyl sites for hydroxylation is 1. The summed E-state index contributed by atoms with van der Waals surface area (Å²) in [5.74, 6) is 1.36. The van der Waals surface area contributed by atoms with Crippen LogP contribution in [0.15, 0.2) is 60.8 Å². The first kappa shape index (κ1) is 20.1. The molecular formula is C25H28N4O. The number of anilines is 2. The zero-order chi connectivity index (χ0) is 20.8. The largest absolute Gasteiger partial charge is 0.349 e. The van der Waals surface area contributed by atoms with Crippen LogP contribution in [0.25, 0.3) is 11.4 Å². The molecule has 3 aromatic rings. The van der Waals surface area contributed by atoms with E-state index in [0.29, 0.717) is 17.2 Å². The van der Waals surface area contributed by atoms with E-state index in [2.05, 4.69) is 39.7 Å². The molecule has 2 aromatic carbocycles. The number of nitrogens with one attached hydrogen (secondary N) is 2. The van der Waals surface area contributed by atoms with Gasteiger partial charge >= 0.3 is 0 Å². The standard InChI is InChI=1S/C25H28N4O/c1-18-8-6-9-19(16-18)24-26-15-14-23(29-24)27-22-13-7-10-20(17-22)25(30)28-21-11-4-2-3-5-12-21/h6-10,13-17,21H,2-5,11-12H2,1H3,(H,28,30)(H,26,27,29). The monoisotopic (exact) mass is 400 g/mol. The first-order valence-electron chi connectivity index (χ1n) is 10.8. The Labute approximate surface area is 178 Å². The van der Waals surface area contributed by atoms with Gasteiger partial charge in [-0.15, -0.1) is 0 Å². The minimum absolute atomic E-state index is 0.00585. The van der Waals surface area contributed by atoms with Crippen molar-refractivity contribution in [1.29, 1.82) is 0 Å². The predicted molar refractivity (Wildman–Crippen MR) is 121 cm³/mol. The lowest BCUT2D eigenvalue weighted by Crippen LogP contribution is -2.34. The van der Waals surface area contributed by atoms with E-state index in [1.165, 1.54) is 31.2 Å². The van der Waals surface area contributed by atoms with Crippen LogP contribution in [0.2, 0.25) is 0 Å². The summed E-state index contributed by atoms with van der Waals surface area (Å²) >= 11 is 0. The molecule has 5 nitrogen and oxygen atoms in total. The molecule has 0 bridgehead atoms. The van der Waals surface area contributed by atoms with E-state index >= 15 is 0 Å². The van der Waals surface area contributed by atoms with E-state index in [0.717, 1.165) is 24.1 Å². The van der Waals surface area contributed by atoms with Gasteiger partial charge in [-0.2, -0.15) is 0 Å². The second kappa shape index (κ2) is 9.53. The first-order valence-corrected chi connectivity index (χ1v) is 10.8. The molecular weight excluding hydrogens is 372 g/mol. The smallest absolute Gasteiger partial charge is 0.251 e. The van der Waals surface area contributed by atoms with Crippen LogP contribution in [0.5, 0.6) is 0 Å². The summed E-state index contributed by atoms with van der Waals surface area (Å²) in [5.41, 5.74) is 3.65. The fraction of sp³-hybridized carbons (Fsp3) is 0.320. The van der Waals surface area contributed by atoms with E-state index in [1.807, 2.05) is 42.5 Å². The highest BCUT2D eigenvalue weighted by molar-refractivity contribution is 5.95. The molecule has 1 aliphatic carbocycles. The van der Waals surface area contributed by atoms with Crippen molar-refractivity contribution in [3.63, 3.8) is 0 Å². The van der Waals surface area contributed by atoms with Crippen molar-refractivity contribution in [2.75, 3.05) is 5.32 Å². The average molecular weight is 401 g/mol. The van der Waals surface area contributed by atoms with Crippen molar-refractivity contribution in [3.8, 4) is 11.4 Å². The molecule has 1 aromatic heterocycles. The van der Waals surface area contributed by atoms with Gasteiger partial charge in [-0.3, -0.25) is 4.79 Å². The van der Waals surface area contributed by atoms with E-state index in [4.69, 9.17) is 0 Å². The van der Waals surface area contributed by atoms with E-state index in [1.54, 1.807) is 6.20 Å². The Morgan fingerprint density at radius 3 is 2.57 bits per heavy atom. The maximum atomic E-state index is 12.7. The molecule has 0 saturated heterocycles. The van der Waals surface area contributed by atoms with Gasteiger partial charge in [0.05, 0.1) is 0 Å². The molecule has 4 rings (SSSR count). The molecule has 0 radical (unpaired) electrons. The lowest BCUT2D eigenvalue weighted by molar-refractivity contribution is 0.0933. The van der Waals surface area contributed by atoms with Crippen LogP contribution in [0.3, 0.4) is 0 Å². The van der Waals surface area contributed by atoms with Gasteiger partial charge in [-0.1, -0.05) is 55.5 Å². The van der Waals surface area contributed by atoms with Crippen LogP contribution in [0, 0.1) is 6.92 Å². The van der Waals surface area contributed by atoms with Crippen LogP contribution in [-0.2, 0) is 0 Å². The summed E-state index contributed by atoms with van der Waals surface area (Å²) in [6.45, 7) is 2.05. The summed E-state index contributed by atoms with van der Waals surface area (Å²) in [4.78, 5) is 21.8. The predicted octanol–water partition coefficient (Wildman–Crippen LogP) is 5.65. The molecule has 0 unspecified atom stereocenters. The van der Waals surface area contributed by atoms with E-state index < -0.39 is 0 Å². The Morgan fingerprint density at radius 2 is 1.77 bits per heavy atom. The van der Waals surface area contributed by atoms with Gasteiger partial charge in [0.2, 0.25) is 0 Å². The van der Waals surface area contributed by atoms with Crippen LogP contribution in [0.1, 0.15) is 54.4 Å². The zero-order valence-electron chi connectivity index (χ0n) is 17.4. The molecule has 154 valence electrons. The van der Waals surface area contributed by atoms with Gasteiger partial charge in [-0.05, 0) is 50.1 Å². The maximum Gasteiger partial charge on any atom is 0.251 e. The van der Waals surface area contributed by atoms with Crippen LogP contribution >= 0.6 is 0 Å². The maximum absolute atomic E-state index is 12.7. The summed E-state index contributed by atoms with van der Waals surface area (Å²) in [5, 5.41) is 6.52. The number of hydrogen-bond donors (Lipinski definition) is 2. The minimum atomic E-state index is -0.00585. The van der Waals surface area contributed by atoms with Crippen molar-refractivity contribution < 1.29 is 4.79 Å². The minimum Gasteiger partial charge on any atom is -0.349 e. The van der Waals surface area contributed by atoms with Gasteiger partial charge in [0.15, 0.2) is 5.82 Å². The van der Waals surface area contributed by atoms with Crippen molar-refractivity contribution >= 4 is 17.4 Å². The number of aromatic nitrogens is 2. The summed E-state index contributed by atoms with van der Waals surface area (Å²) in [7, 11) is 0. The Balaban J connectivity index is 1.46. The lowest BCUT2D eigenvalue weighted by atomic mass is 10.1. The molecule has 1 heterocycles. The highest BCUT2D eigenvalue weighted by Crippen LogP contribution is 2.21. The lowest BCUT2D eigenvalue weighted by Gasteiger charge is -2.16. The molecule has 1 saturated carbocycles. The Hall–Kier alpha value is -3.21. The average Bonchev–Trinajstić information content (AvgIpc) is 3.03. The van der Waals surface area contributed by atoms with Crippen molar-refractivity contribution in [3.05, 3.63) is 71.9 Å². The topological polar surface area (TPSA) is 66.9 Å². The highest BCUT2D eigenvalue weighted by atomic mass is 16.1. The van der Waals surface area contributed by atoms with Gasteiger partial charge in [0.25, 0.3) is 5.91 Å². The molecule has 5 heteroatoms. The number of rotatable bonds is 5. The van der Waals surface area contributed by atoms with Crippen LogP contribution < -0.4 is 10.6 Å². The highest BCUT2D eigenvalue weighted by Gasteiger charge is 2.16. The molecule has 1 aliphatic rings. The summed E-state index contributed by atoms with van der Waals surface area (Å²) in [6, 6.07) is 17.8. The summed E-state index contributed by atoms with van der Waals surface area (Å²) in [6.07, 6.45) is 8.84. The quantitative estimate of drug-likeness (QED) is 0.543. The van der Waals surface area contributed by atoms with Crippen molar-refractivity contribution in [2.45, 2.75) is 51.5 Å². The molecule has 1 fully saturated rings. The Bertz CT molecular complexity index is 1010. The number of amides is 1. The zero-order valence-corrected chi connectivity index (χ0v) is 17.4. The third-order valence-corrected chi connectivity index (χ3v) is 5.52. The van der Waals surface area contributed by atoms with Crippen LogP contribution in [-0.4, -0.2) is 21.9 Å². The fourth-order valence-electron chi connectivity index (χ4n) is 3.93. The molecule has 0 aliphatic heterocycles. The fourth-order valence-corrected chi connectivity index (χ4v) is 3.93. The normalized spacial score (nSPS) is 14.7. The van der Waals surface area contributed by atoms with Gasteiger partial charge < -0.3 is 10.6 Å². The Morgan fingerprint density at radius 1 is 0.967 bits per heavy atom. The molecule has 0 atom stereocenters. The van der Waals surface area contributed by atoms with Gasteiger partial charge in [0.1, 0.15) is 5.82 Å². The van der Waals surface area contributed by atoms with Gasteiger partial charge in [-0.25, -0.2) is 9.97 Å². The van der Waals surface area contributed by atoms with E-state index in [9.17, 15) is 4.79 Å². The number of nitrogens with zero attached hydrogens (tertiary/aromatic N) is 2. The number of hydrogen-bond acceptors (Lipinski definition) is 4. The Kier molecular flexibility index (Phi) is 6.38.